The molecular formula is C14H12ClFOS. The zero-order valence-corrected chi connectivity index (χ0v) is 11.2. The van der Waals surface area contributed by atoms with Crippen LogP contribution in [-0.2, 0) is 22.3 Å². The van der Waals surface area contributed by atoms with E-state index in [1.807, 2.05) is 30.3 Å². The minimum atomic E-state index is -1.17. The smallest absolute Gasteiger partial charge is 0.128 e. The molecular weight excluding hydrogens is 271 g/mol. The summed E-state index contributed by atoms with van der Waals surface area (Å²) in [5, 5.41) is 0.330. The van der Waals surface area contributed by atoms with Gasteiger partial charge in [-0.1, -0.05) is 48.0 Å². The van der Waals surface area contributed by atoms with Crippen LogP contribution in [0.15, 0.2) is 48.5 Å². The van der Waals surface area contributed by atoms with Gasteiger partial charge in [0.15, 0.2) is 0 Å². The van der Waals surface area contributed by atoms with E-state index in [1.54, 1.807) is 12.1 Å². The maximum absolute atomic E-state index is 13.5. The zero-order valence-electron chi connectivity index (χ0n) is 9.61. The fourth-order valence-electron chi connectivity index (χ4n) is 1.64. The highest BCUT2D eigenvalue weighted by Gasteiger charge is 2.11. The first-order valence-electron chi connectivity index (χ1n) is 5.48. The van der Waals surface area contributed by atoms with Gasteiger partial charge in [-0.25, -0.2) is 4.39 Å². The zero-order chi connectivity index (χ0) is 13.0. The van der Waals surface area contributed by atoms with Crippen molar-refractivity contribution >= 4 is 22.4 Å². The molecule has 0 fully saturated rings. The molecule has 0 N–H and O–H groups in total. The average molecular weight is 283 g/mol. The highest BCUT2D eigenvalue weighted by Crippen LogP contribution is 2.21. The van der Waals surface area contributed by atoms with Crippen LogP contribution in [-0.4, -0.2) is 4.21 Å². The summed E-state index contributed by atoms with van der Waals surface area (Å²) >= 11 is 5.90. The molecule has 1 nitrogen and oxygen atoms in total. The minimum Gasteiger partial charge on any atom is -0.259 e. The number of benzene rings is 2. The molecule has 0 saturated carbocycles. The van der Waals surface area contributed by atoms with Crippen LogP contribution in [0.1, 0.15) is 11.1 Å². The summed E-state index contributed by atoms with van der Waals surface area (Å²) in [6, 6.07) is 14.0. The van der Waals surface area contributed by atoms with Crippen molar-refractivity contribution in [3.05, 3.63) is 70.5 Å². The van der Waals surface area contributed by atoms with Crippen LogP contribution in [0.25, 0.3) is 0 Å². The van der Waals surface area contributed by atoms with Crippen molar-refractivity contribution in [2.75, 3.05) is 0 Å². The first-order chi connectivity index (χ1) is 8.66. The summed E-state index contributed by atoms with van der Waals surface area (Å²) in [7, 11) is -1.17. The number of rotatable bonds is 4. The third kappa shape index (κ3) is 3.40. The van der Waals surface area contributed by atoms with Gasteiger partial charge in [0.1, 0.15) is 5.82 Å². The summed E-state index contributed by atoms with van der Waals surface area (Å²) in [5.74, 6) is 0.148. The number of hydrogen-bond donors (Lipinski definition) is 0. The summed E-state index contributed by atoms with van der Waals surface area (Å²) in [6.45, 7) is 0. The third-order valence-electron chi connectivity index (χ3n) is 2.54. The molecule has 0 heterocycles. The maximum Gasteiger partial charge on any atom is 0.128 e. The highest BCUT2D eigenvalue weighted by atomic mass is 35.5. The molecule has 0 aromatic heterocycles. The molecule has 0 amide bonds. The lowest BCUT2D eigenvalue weighted by molar-refractivity contribution is 0.615. The molecule has 0 saturated heterocycles. The van der Waals surface area contributed by atoms with E-state index in [9.17, 15) is 8.60 Å². The van der Waals surface area contributed by atoms with E-state index in [4.69, 9.17) is 11.6 Å². The van der Waals surface area contributed by atoms with Gasteiger partial charge in [0.25, 0.3) is 0 Å². The van der Waals surface area contributed by atoms with Crippen molar-refractivity contribution in [2.24, 2.45) is 0 Å². The van der Waals surface area contributed by atoms with Crippen LogP contribution < -0.4 is 0 Å². The quantitative estimate of drug-likeness (QED) is 0.830. The van der Waals surface area contributed by atoms with Gasteiger partial charge in [-0.2, -0.15) is 0 Å². The van der Waals surface area contributed by atoms with E-state index in [-0.39, 0.29) is 5.75 Å². The molecule has 0 bridgehead atoms. The lowest BCUT2D eigenvalue weighted by Crippen LogP contribution is -2.02. The monoisotopic (exact) mass is 282 g/mol. The Balaban J connectivity index is 2.08. The van der Waals surface area contributed by atoms with Gasteiger partial charge in [-0.3, -0.25) is 4.21 Å². The Hall–Kier alpha value is -1.19. The van der Waals surface area contributed by atoms with Gasteiger partial charge in [0, 0.05) is 27.1 Å². The van der Waals surface area contributed by atoms with Crippen molar-refractivity contribution in [1.82, 2.24) is 0 Å². The molecule has 0 unspecified atom stereocenters. The van der Waals surface area contributed by atoms with Gasteiger partial charge < -0.3 is 0 Å². The number of halogens is 2. The average Bonchev–Trinajstić information content (AvgIpc) is 2.35. The minimum absolute atomic E-state index is 0.139. The first-order valence-corrected chi connectivity index (χ1v) is 7.35. The van der Waals surface area contributed by atoms with Crippen LogP contribution in [0, 0.1) is 5.82 Å². The Morgan fingerprint density at radius 1 is 1.00 bits per heavy atom. The molecule has 0 aliphatic heterocycles. The molecule has 18 heavy (non-hydrogen) atoms. The van der Waals surface area contributed by atoms with Crippen LogP contribution in [0.3, 0.4) is 0 Å². The SMILES string of the molecule is O=[S@](Cc1ccccc1)Cc1c(F)cccc1Cl. The van der Waals surface area contributed by atoms with Crippen LogP contribution in [0.2, 0.25) is 5.02 Å². The Morgan fingerprint density at radius 2 is 1.72 bits per heavy atom. The second-order valence-electron chi connectivity index (χ2n) is 3.91. The van der Waals surface area contributed by atoms with Crippen LogP contribution in [0.5, 0.6) is 0 Å². The Kier molecular flexibility index (Phi) is 4.50. The second kappa shape index (κ2) is 6.12. The second-order valence-corrected chi connectivity index (χ2v) is 5.78. The first kappa shape index (κ1) is 13.2. The maximum atomic E-state index is 13.5. The predicted molar refractivity (Wildman–Crippen MR) is 73.4 cm³/mol. The van der Waals surface area contributed by atoms with Crippen molar-refractivity contribution in [3.8, 4) is 0 Å². The third-order valence-corrected chi connectivity index (χ3v) is 4.16. The van der Waals surface area contributed by atoms with Crippen molar-refractivity contribution in [2.45, 2.75) is 11.5 Å². The van der Waals surface area contributed by atoms with E-state index in [2.05, 4.69) is 0 Å². The Bertz CT molecular complexity index is 537. The van der Waals surface area contributed by atoms with E-state index in [0.29, 0.717) is 16.3 Å². The fourth-order valence-corrected chi connectivity index (χ4v) is 3.23. The normalized spacial score (nSPS) is 12.3. The Labute approximate surface area is 113 Å². The number of hydrogen-bond acceptors (Lipinski definition) is 1. The standard InChI is InChI=1S/C14H12ClFOS/c15-13-7-4-8-14(16)12(13)10-18(17)9-11-5-2-1-3-6-11/h1-8H,9-10H2/t18-/m1/s1. The van der Waals surface area contributed by atoms with Crippen LogP contribution in [0.4, 0.5) is 4.39 Å². The molecule has 2 aromatic rings. The molecule has 0 spiro atoms. The topological polar surface area (TPSA) is 17.1 Å². The molecule has 1 atom stereocenters. The molecule has 94 valence electrons. The molecule has 0 aliphatic rings. The van der Waals surface area contributed by atoms with E-state index in [0.717, 1.165) is 5.56 Å². The largest absolute Gasteiger partial charge is 0.259 e. The lowest BCUT2D eigenvalue weighted by atomic mass is 10.2. The van der Waals surface area contributed by atoms with Gasteiger partial charge in [0.2, 0.25) is 0 Å². The van der Waals surface area contributed by atoms with E-state index < -0.39 is 16.6 Å². The summed E-state index contributed by atoms with van der Waals surface area (Å²) in [5.41, 5.74) is 1.30. The van der Waals surface area contributed by atoms with Gasteiger partial charge in [-0.05, 0) is 17.7 Å². The molecule has 0 radical (unpaired) electrons. The van der Waals surface area contributed by atoms with Gasteiger partial charge in [-0.15, -0.1) is 0 Å². The van der Waals surface area contributed by atoms with Gasteiger partial charge >= 0.3 is 0 Å². The summed E-state index contributed by atoms with van der Waals surface area (Å²) in [6.07, 6.45) is 0. The predicted octanol–water partition coefficient (Wildman–Crippen LogP) is 3.93. The van der Waals surface area contributed by atoms with Gasteiger partial charge in [0.05, 0.1) is 5.75 Å². The van der Waals surface area contributed by atoms with Crippen LogP contribution >= 0.6 is 11.6 Å². The molecule has 2 rings (SSSR count). The lowest BCUT2D eigenvalue weighted by Gasteiger charge is -2.06. The summed E-state index contributed by atoms with van der Waals surface area (Å²) < 4.78 is 25.5. The van der Waals surface area contributed by atoms with Crippen molar-refractivity contribution in [1.29, 1.82) is 0 Å². The fraction of sp³-hybridized carbons (Fsp3) is 0.143. The summed E-state index contributed by atoms with van der Waals surface area (Å²) in [4.78, 5) is 0. The van der Waals surface area contributed by atoms with E-state index >= 15 is 0 Å². The molecule has 2 aromatic carbocycles. The molecule has 0 aliphatic carbocycles. The Morgan fingerprint density at radius 3 is 2.39 bits per heavy atom. The van der Waals surface area contributed by atoms with Crippen molar-refractivity contribution in [3.63, 3.8) is 0 Å². The van der Waals surface area contributed by atoms with Crippen molar-refractivity contribution < 1.29 is 8.60 Å². The highest BCUT2D eigenvalue weighted by molar-refractivity contribution is 7.83. The molecule has 4 heteroatoms. The van der Waals surface area contributed by atoms with E-state index in [1.165, 1.54) is 6.07 Å².